The van der Waals surface area contributed by atoms with Gasteiger partial charge in [0.25, 0.3) is 0 Å². The third kappa shape index (κ3) is 3.16. The topological polar surface area (TPSA) is 24.5 Å². The third-order valence-corrected chi connectivity index (χ3v) is 5.72. The number of nitrogens with one attached hydrogen (secondary N) is 1. The molecule has 1 aromatic rings. The summed E-state index contributed by atoms with van der Waals surface area (Å²) in [6.07, 6.45) is 9.19. The molecule has 0 bridgehead atoms. The Balaban J connectivity index is 1.37. The van der Waals surface area contributed by atoms with E-state index in [-0.39, 0.29) is 0 Å². The van der Waals surface area contributed by atoms with Crippen LogP contribution in [0.3, 0.4) is 0 Å². The largest absolute Gasteiger partial charge is 0.492 e. The monoisotopic (exact) mass is 300 g/mol. The first-order valence-corrected chi connectivity index (χ1v) is 9.10. The van der Waals surface area contributed by atoms with Crippen LogP contribution < -0.4 is 10.1 Å². The number of benzene rings is 1. The first-order chi connectivity index (χ1) is 10.9. The molecule has 3 aliphatic rings. The molecular formula is C19H28N2O. The van der Waals surface area contributed by atoms with Crippen LogP contribution >= 0.6 is 0 Å². The zero-order chi connectivity index (χ0) is 14.8. The summed E-state index contributed by atoms with van der Waals surface area (Å²) in [6.45, 7) is 4.43. The Hall–Kier alpha value is -1.06. The maximum absolute atomic E-state index is 6.03. The fourth-order valence-corrected chi connectivity index (χ4v) is 4.02. The van der Waals surface area contributed by atoms with Crippen LogP contribution in [0.1, 0.15) is 43.2 Å². The Morgan fingerprint density at radius 3 is 2.64 bits per heavy atom. The van der Waals surface area contributed by atoms with Gasteiger partial charge in [-0.2, -0.15) is 0 Å². The van der Waals surface area contributed by atoms with E-state index in [4.69, 9.17) is 4.74 Å². The SMILES string of the molecule is c1cc2c(cc1OC[C@@H]1CCCN1)CCN(C1CCC1)CC2. The van der Waals surface area contributed by atoms with Gasteiger partial charge in [0.15, 0.2) is 0 Å². The van der Waals surface area contributed by atoms with Crippen LogP contribution in [0.15, 0.2) is 18.2 Å². The van der Waals surface area contributed by atoms with Gasteiger partial charge in [0, 0.05) is 25.2 Å². The molecule has 0 aromatic heterocycles. The minimum Gasteiger partial charge on any atom is -0.492 e. The highest BCUT2D eigenvalue weighted by Gasteiger charge is 2.26. The van der Waals surface area contributed by atoms with Crippen LogP contribution in [-0.4, -0.2) is 43.2 Å². The zero-order valence-electron chi connectivity index (χ0n) is 13.5. The van der Waals surface area contributed by atoms with Gasteiger partial charge >= 0.3 is 0 Å². The molecule has 2 aliphatic heterocycles. The van der Waals surface area contributed by atoms with Crippen molar-refractivity contribution in [1.29, 1.82) is 0 Å². The second-order valence-electron chi connectivity index (χ2n) is 7.16. The smallest absolute Gasteiger partial charge is 0.119 e. The van der Waals surface area contributed by atoms with Gasteiger partial charge in [0.2, 0.25) is 0 Å². The molecule has 1 aliphatic carbocycles. The van der Waals surface area contributed by atoms with Crippen molar-refractivity contribution >= 4 is 0 Å². The van der Waals surface area contributed by atoms with Crippen molar-refractivity contribution in [1.82, 2.24) is 10.2 Å². The molecule has 1 saturated carbocycles. The van der Waals surface area contributed by atoms with Crippen LogP contribution in [0.5, 0.6) is 5.75 Å². The van der Waals surface area contributed by atoms with Crippen molar-refractivity contribution < 1.29 is 4.74 Å². The van der Waals surface area contributed by atoms with E-state index in [1.165, 1.54) is 69.2 Å². The normalized spacial score (nSPS) is 26.3. The van der Waals surface area contributed by atoms with Crippen molar-refractivity contribution in [3.8, 4) is 5.75 Å². The number of rotatable bonds is 4. The lowest BCUT2D eigenvalue weighted by Crippen LogP contribution is -2.41. The Labute approximate surface area is 134 Å². The number of ether oxygens (including phenoxy) is 1. The summed E-state index contributed by atoms with van der Waals surface area (Å²) in [5.74, 6) is 1.06. The van der Waals surface area contributed by atoms with Gasteiger partial charge in [0.05, 0.1) is 0 Å². The molecule has 4 rings (SSSR count). The molecule has 0 spiro atoms. The van der Waals surface area contributed by atoms with Gasteiger partial charge in [-0.15, -0.1) is 0 Å². The van der Waals surface area contributed by atoms with Crippen molar-refractivity contribution in [2.24, 2.45) is 0 Å². The molecule has 22 heavy (non-hydrogen) atoms. The van der Waals surface area contributed by atoms with Crippen LogP contribution in [0, 0.1) is 0 Å². The Bertz CT molecular complexity index is 506. The van der Waals surface area contributed by atoms with Crippen molar-refractivity contribution in [2.75, 3.05) is 26.2 Å². The molecule has 0 amide bonds. The first-order valence-electron chi connectivity index (χ1n) is 9.10. The van der Waals surface area contributed by atoms with E-state index >= 15 is 0 Å². The Morgan fingerprint density at radius 2 is 1.91 bits per heavy atom. The molecule has 3 heteroatoms. The van der Waals surface area contributed by atoms with Gasteiger partial charge in [-0.25, -0.2) is 0 Å². The summed E-state index contributed by atoms with van der Waals surface area (Å²) in [4.78, 5) is 2.71. The van der Waals surface area contributed by atoms with Crippen molar-refractivity contribution in [3.05, 3.63) is 29.3 Å². The van der Waals surface area contributed by atoms with Gasteiger partial charge in [-0.1, -0.05) is 12.5 Å². The van der Waals surface area contributed by atoms with E-state index in [9.17, 15) is 0 Å². The second-order valence-corrected chi connectivity index (χ2v) is 7.16. The molecule has 1 aromatic carbocycles. The average molecular weight is 300 g/mol. The van der Waals surface area contributed by atoms with E-state index in [0.29, 0.717) is 6.04 Å². The lowest BCUT2D eigenvalue weighted by Gasteiger charge is -2.36. The number of hydrogen-bond donors (Lipinski definition) is 1. The van der Waals surface area contributed by atoms with Crippen molar-refractivity contribution in [2.45, 2.75) is 57.0 Å². The molecule has 2 heterocycles. The second kappa shape index (κ2) is 6.59. The average Bonchev–Trinajstić information content (AvgIpc) is 2.92. The van der Waals surface area contributed by atoms with Gasteiger partial charge in [0.1, 0.15) is 12.4 Å². The molecule has 1 saturated heterocycles. The number of fused-ring (bicyclic) bond motifs is 1. The summed E-state index contributed by atoms with van der Waals surface area (Å²) in [5.41, 5.74) is 3.05. The minimum atomic E-state index is 0.549. The summed E-state index contributed by atoms with van der Waals surface area (Å²) in [6, 6.07) is 8.20. The number of hydrogen-bond acceptors (Lipinski definition) is 3. The maximum atomic E-state index is 6.03. The van der Waals surface area contributed by atoms with Crippen LogP contribution in [-0.2, 0) is 12.8 Å². The summed E-state index contributed by atoms with van der Waals surface area (Å²) >= 11 is 0. The fourth-order valence-electron chi connectivity index (χ4n) is 4.02. The maximum Gasteiger partial charge on any atom is 0.119 e. The standard InChI is InChI=1S/C19H28N2O/c1-4-18(5-1)21-11-8-15-6-7-19(13-16(15)9-12-21)22-14-17-3-2-10-20-17/h6-7,13,17-18,20H,1-5,8-12,14H2/t17-/m0/s1. The van der Waals surface area contributed by atoms with Gasteiger partial charge in [-0.3, -0.25) is 4.90 Å². The molecule has 2 fully saturated rings. The highest BCUT2D eigenvalue weighted by atomic mass is 16.5. The lowest BCUT2D eigenvalue weighted by molar-refractivity contribution is 0.133. The molecule has 120 valence electrons. The van der Waals surface area contributed by atoms with E-state index in [1.54, 1.807) is 0 Å². The minimum absolute atomic E-state index is 0.549. The highest BCUT2D eigenvalue weighted by molar-refractivity contribution is 5.37. The fraction of sp³-hybridized carbons (Fsp3) is 0.684. The van der Waals surface area contributed by atoms with E-state index in [1.807, 2.05) is 0 Å². The number of nitrogens with zero attached hydrogens (tertiary/aromatic N) is 1. The molecule has 1 atom stereocenters. The molecule has 3 nitrogen and oxygen atoms in total. The van der Waals surface area contributed by atoms with Gasteiger partial charge < -0.3 is 10.1 Å². The van der Waals surface area contributed by atoms with Crippen LogP contribution in [0.4, 0.5) is 0 Å². The highest BCUT2D eigenvalue weighted by Crippen LogP contribution is 2.28. The zero-order valence-corrected chi connectivity index (χ0v) is 13.5. The first kappa shape index (κ1) is 14.5. The summed E-state index contributed by atoms with van der Waals surface area (Å²) in [5, 5.41) is 3.50. The van der Waals surface area contributed by atoms with Crippen LogP contribution in [0.25, 0.3) is 0 Å². The van der Waals surface area contributed by atoms with E-state index in [2.05, 4.69) is 28.4 Å². The molecule has 1 N–H and O–H groups in total. The lowest BCUT2D eigenvalue weighted by atomic mass is 9.91. The Kier molecular flexibility index (Phi) is 4.35. The van der Waals surface area contributed by atoms with E-state index < -0.39 is 0 Å². The third-order valence-electron chi connectivity index (χ3n) is 5.72. The van der Waals surface area contributed by atoms with Crippen LogP contribution in [0.2, 0.25) is 0 Å². The Morgan fingerprint density at radius 1 is 1.05 bits per heavy atom. The predicted molar refractivity (Wildman–Crippen MR) is 89.6 cm³/mol. The predicted octanol–water partition coefficient (Wildman–Crippen LogP) is 2.77. The summed E-state index contributed by atoms with van der Waals surface area (Å²) in [7, 11) is 0. The van der Waals surface area contributed by atoms with Crippen molar-refractivity contribution in [3.63, 3.8) is 0 Å². The molecule has 0 unspecified atom stereocenters. The van der Waals surface area contributed by atoms with E-state index in [0.717, 1.165) is 24.9 Å². The quantitative estimate of drug-likeness (QED) is 0.925. The van der Waals surface area contributed by atoms with Gasteiger partial charge in [-0.05, 0) is 68.3 Å². The molecular weight excluding hydrogens is 272 g/mol. The summed E-state index contributed by atoms with van der Waals surface area (Å²) < 4.78 is 6.03. The molecule has 0 radical (unpaired) electrons.